The highest BCUT2D eigenvalue weighted by atomic mass is 16.5. The van der Waals surface area contributed by atoms with E-state index in [0.717, 1.165) is 39.4 Å². The maximum absolute atomic E-state index is 5.27. The fraction of sp³-hybridized carbons (Fsp3) is 0.130. The number of rotatable bonds is 5. The molecule has 5 heteroatoms. The first-order valence-corrected chi connectivity index (χ1v) is 9.13. The van der Waals surface area contributed by atoms with Crippen LogP contribution >= 0.6 is 0 Å². The van der Waals surface area contributed by atoms with Gasteiger partial charge in [0, 0.05) is 23.8 Å². The van der Waals surface area contributed by atoms with E-state index in [1.165, 1.54) is 0 Å². The van der Waals surface area contributed by atoms with Crippen molar-refractivity contribution in [3.63, 3.8) is 0 Å². The van der Waals surface area contributed by atoms with Gasteiger partial charge in [-0.15, -0.1) is 0 Å². The van der Waals surface area contributed by atoms with Gasteiger partial charge in [0.2, 0.25) is 5.95 Å². The third-order valence-corrected chi connectivity index (χ3v) is 4.75. The van der Waals surface area contributed by atoms with E-state index in [1.807, 2.05) is 73.8 Å². The van der Waals surface area contributed by atoms with Crippen molar-refractivity contribution in [1.29, 1.82) is 0 Å². The van der Waals surface area contributed by atoms with Crippen LogP contribution in [0.3, 0.4) is 0 Å². The lowest BCUT2D eigenvalue weighted by Gasteiger charge is -2.21. The number of hydrogen-bond donors (Lipinski definition) is 1. The van der Waals surface area contributed by atoms with Gasteiger partial charge in [0.1, 0.15) is 11.6 Å². The molecule has 0 aliphatic rings. The van der Waals surface area contributed by atoms with E-state index in [9.17, 15) is 0 Å². The van der Waals surface area contributed by atoms with Crippen molar-refractivity contribution in [2.75, 3.05) is 24.4 Å². The molecule has 4 aromatic rings. The van der Waals surface area contributed by atoms with Crippen LogP contribution in [0.1, 0.15) is 5.56 Å². The quantitative estimate of drug-likeness (QED) is 0.506. The minimum absolute atomic E-state index is 0.573. The Kier molecular flexibility index (Phi) is 4.81. The van der Waals surface area contributed by atoms with E-state index in [0.29, 0.717) is 5.95 Å². The molecule has 1 N–H and O–H groups in total. The van der Waals surface area contributed by atoms with E-state index in [4.69, 9.17) is 14.7 Å². The summed E-state index contributed by atoms with van der Waals surface area (Å²) in [4.78, 5) is 11.6. The van der Waals surface area contributed by atoms with E-state index in [2.05, 4.69) is 23.2 Å². The number of aromatic nitrogens is 2. The summed E-state index contributed by atoms with van der Waals surface area (Å²) >= 11 is 0. The van der Waals surface area contributed by atoms with Crippen molar-refractivity contribution in [1.82, 2.24) is 9.97 Å². The number of ether oxygens (including phenoxy) is 1. The highest BCUT2D eigenvalue weighted by molar-refractivity contribution is 5.92. The summed E-state index contributed by atoms with van der Waals surface area (Å²) in [5.74, 6) is 2.24. The van der Waals surface area contributed by atoms with Gasteiger partial charge in [-0.25, -0.2) is 4.98 Å². The molecule has 5 nitrogen and oxygen atoms in total. The second-order valence-corrected chi connectivity index (χ2v) is 6.58. The zero-order valence-electron chi connectivity index (χ0n) is 16.2. The molecule has 28 heavy (non-hydrogen) atoms. The van der Waals surface area contributed by atoms with Crippen LogP contribution in [0.15, 0.2) is 72.8 Å². The number of nitrogens with zero attached hydrogens (tertiary/aromatic N) is 3. The molecule has 1 heterocycles. The minimum Gasteiger partial charge on any atom is -0.497 e. The van der Waals surface area contributed by atoms with Crippen molar-refractivity contribution in [2.24, 2.45) is 0 Å². The molecule has 0 aliphatic carbocycles. The van der Waals surface area contributed by atoms with Gasteiger partial charge in [0.25, 0.3) is 0 Å². The molecule has 0 aliphatic heterocycles. The lowest BCUT2D eigenvalue weighted by Crippen LogP contribution is -2.13. The Morgan fingerprint density at radius 2 is 1.57 bits per heavy atom. The zero-order valence-corrected chi connectivity index (χ0v) is 16.2. The second kappa shape index (κ2) is 7.56. The molecule has 0 bridgehead atoms. The molecular formula is C23H22N4O. The Hall–Kier alpha value is -3.60. The number of anilines is 4. The topological polar surface area (TPSA) is 50.3 Å². The lowest BCUT2D eigenvalue weighted by atomic mass is 10.2. The summed E-state index contributed by atoms with van der Waals surface area (Å²) in [5, 5.41) is 4.36. The van der Waals surface area contributed by atoms with Gasteiger partial charge in [-0.3, -0.25) is 0 Å². The van der Waals surface area contributed by atoms with E-state index < -0.39 is 0 Å². The fourth-order valence-corrected chi connectivity index (χ4v) is 3.13. The lowest BCUT2D eigenvalue weighted by molar-refractivity contribution is 0.415. The zero-order chi connectivity index (χ0) is 19.5. The maximum Gasteiger partial charge on any atom is 0.229 e. The second-order valence-electron chi connectivity index (χ2n) is 6.58. The molecule has 4 rings (SSSR count). The van der Waals surface area contributed by atoms with Gasteiger partial charge in [-0.05, 0) is 55.0 Å². The van der Waals surface area contributed by atoms with Crippen LogP contribution in [-0.4, -0.2) is 24.1 Å². The van der Waals surface area contributed by atoms with Crippen molar-refractivity contribution < 1.29 is 4.74 Å². The number of benzene rings is 3. The number of hydrogen-bond acceptors (Lipinski definition) is 5. The molecular weight excluding hydrogens is 348 g/mol. The average molecular weight is 370 g/mol. The Bertz CT molecular complexity index is 1110. The summed E-state index contributed by atoms with van der Waals surface area (Å²) < 4.78 is 5.27. The molecule has 140 valence electrons. The van der Waals surface area contributed by atoms with Crippen molar-refractivity contribution >= 4 is 34.0 Å². The third-order valence-electron chi connectivity index (χ3n) is 4.75. The molecule has 0 saturated heterocycles. The minimum atomic E-state index is 0.573. The van der Waals surface area contributed by atoms with Crippen LogP contribution in [-0.2, 0) is 0 Å². The first kappa shape index (κ1) is 17.8. The van der Waals surface area contributed by atoms with E-state index in [1.54, 1.807) is 7.11 Å². The SMILES string of the molecule is COc1ccc(N(C)c2nc(Nc3ccccc3C)nc3ccccc23)cc1. The van der Waals surface area contributed by atoms with E-state index >= 15 is 0 Å². The summed E-state index contributed by atoms with van der Waals surface area (Å²) in [6.07, 6.45) is 0. The average Bonchev–Trinajstić information content (AvgIpc) is 2.74. The molecule has 0 saturated carbocycles. The summed E-state index contributed by atoms with van der Waals surface area (Å²) in [6, 6.07) is 24.1. The number of methoxy groups -OCH3 is 1. The van der Waals surface area contributed by atoms with E-state index in [-0.39, 0.29) is 0 Å². The highest BCUT2D eigenvalue weighted by Gasteiger charge is 2.14. The van der Waals surface area contributed by atoms with Gasteiger partial charge >= 0.3 is 0 Å². The van der Waals surface area contributed by atoms with Crippen LogP contribution < -0.4 is 15.0 Å². The summed E-state index contributed by atoms with van der Waals surface area (Å²) in [7, 11) is 3.67. The van der Waals surface area contributed by atoms with Crippen molar-refractivity contribution in [3.05, 3.63) is 78.4 Å². The first-order chi connectivity index (χ1) is 13.7. The predicted molar refractivity (Wildman–Crippen MR) is 115 cm³/mol. The van der Waals surface area contributed by atoms with Crippen molar-refractivity contribution in [2.45, 2.75) is 6.92 Å². The van der Waals surface area contributed by atoms with Gasteiger partial charge in [0.15, 0.2) is 0 Å². The normalized spacial score (nSPS) is 10.7. The first-order valence-electron chi connectivity index (χ1n) is 9.13. The monoisotopic (exact) mass is 370 g/mol. The molecule has 0 atom stereocenters. The Morgan fingerprint density at radius 3 is 2.32 bits per heavy atom. The molecule has 0 spiro atoms. The maximum atomic E-state index is 5.27. The summed E-state index contributed by atoms with van der Waals surface area (Å²) in [5.41, 5.74) is 4.05. The Morgan fingerprint density at radius 1 is 0.857 bits per heavy atom. The Balaban J connectivity index is 1.78. The smallest absolute Gasteiger partial charge is 0.229 e. The molecule has 1 aromatic heterocycles. The fourth-order valence-electron chi connectivity index (χ4n) is 3.13. The van der Waals surface area contributed by atoms with Crippen LogP contribution in [0.25, 0.3) is 10.9 Å². The highest BCUT2D eigenvalue weighted by Crippen LogP contribution is 2.31. The molecule has 0 fully saturated rings. The summed E-state index contributed by atoms with van der Waals surface area (Å²) in [6.45, 7) is 2.06. The van der Waals surface area contributed by atoms with Crippen LogP contribution in [0.2, 0.25) is 0 Å². The Labute approximate surface area is 164 Å². The third kappa shape index (κ3) is 3.47. The van der Waals surface area contributed by atoms with Crippen molar-refractivity contribution in [3.8, 4) is 5.75 Å². The number of aryl methyl sites for hydroxylation is 1. The standard InChI is InChI=1S/C23H22N4O/c1-16-8-4-6-10-20(16)24-23-25-21-11-7-5-9-19(21)22(26-23)27(2)17-12-14-18(28-3)15-13-17/h4-15H,1-3H3,(H,24,25,26). The van der Waals surface area contributed by atoms with Crippen LogP contribution in [0.5, 0.6) is 5.75 Å². The van der Waals surface area contributed by atoms with Crippen LogP contribution in [0.4, 0.5) is 23.1 Å². The molecule has 0 unspecified atom stereocenters. The van der Waals surface area contributed by atoms with Gasteiger partial charge in [-0.1, -0.05) is 30.3 Å². The van der Waals surface area contributed by atoms with Gasteiger partial charge < -0.3 is 15.0 Å². The predicted octanol–water partition coefficient (Wildman–Crippen LogP) is 5.46. The van der Waals surface area contributed by atoms with Gasteiger partial charge in [0.05, 0.1) is 12.6 Å². The number of nitrogens with one attached hydrogen (secondary N) is 1. The number of para-hydroxylation sites is 2. The number of fused-ring (bicyclic) bond motifs is 1. The largest absolute Gasteiger partial charge is 0.497 e. The molecule has 0 amide bonds. The van der Waals surface area contributed by atoms with Crippen LogP contribution in [0, 0.1) is 6.92 Å². The molecule has 3 aromatic carbocycles. The van der Waals surface area contributed by atoms with Gasteiger partial charge in [-0.2, -0.15) is 4.98 Å². The molecule has 0 radical (unpaired) electrons.